The quantitative estimate of drug-likeness (QED) is 0.400. The van der Waals surface area contributed by atoms with E-state index in [0.29, 0.717) is 26.2 Å². The minimum Gasteiger partial charge on any atom is -0.361 e. The molecule has 6 N–H and O–H groups in total. The van der Waals surface area contributed by atoms with E-state index in [4.69, 9.17) is 17.2 Å². The van der Waals surface area contributed by atoms with E-state index < -0.39 is 11.8 Å². The van der Waals surface area contributed by atoms with Crippen LogP contribution in [0.1, 0.15) is 0 Å². The Labute approximate surface area is 70.7 Å². The standard InChI is InChI=1S/C6H14N4O2/c7-1-3-10(4-2-8)6(12)5(9)11/h1-4,7-8H2,(H2,9,11). The summed E-state index contributed by atoms with van der Waals surface area (Å²) in [6.07, 6.45) is 0. The number of amides is 2. The molecule has 2 amide bonds. The summed E-state index contributed by atoms with van der Waals surface area (Å²) < 4.78 is 0. The van der Waals surface area contributed by atoms with Gasteiger partial charge in [-0.1, -0.05) is 0 Å². The van der Waals surface area contributed by atoms with Gasteiger partial charge in [0, 0.05) is 26.2 Å². The molecule has 0 spiro atoms. The van der Waals surface area contributed by atoms with Gasteiger partial charge >= 0.3 is 11.8 Å². The van der Waals surface area contributed by atoms with Gasteiger partial charge in [-0.3, -0.25) is 9.59 Å². The summed E-state index contributed by atoms with van der Waals surface area (Å²) in [6, 6.07) is 0. The zero-order chi connectivity index (χ0) is 9.56. The maximum atomic E-state index is 11.0. The van der Waals surface area contributed by atoms with Gasteiger partial charge in [-0.2, -0.15) is 0 Å². The summed E-state index contributed by atoms with van der Waals surface area (Å²) in [5.74, 6) is -1.71. The molecular formula is C6H14N4O2. The van der Waals surface area contributed by atoms with E-state index >= 15 is 0 Å². The van der Waals surface area contributed by atoms with Crippen LogP contribution in [0.15, 0.2) is 0 Å². The van der Waals surface area contributed by atoms with Gasteiger partial charge in [-0.25, -0.2) is 0 Å². The fourth-order valence-corrected chi connectivity index (χ4v) is 0.782. The molecule has 0 aliphatic carbocycles. The number of rotatable bonds is 4. The lowest BCUT2D eigenvalue weighted by Gasteiger charge is -2.18. The molecule has 0 aromatic heterocycles. The molecule has 0 heterocycles. The number of carbonyl (C=O) groups excluding carboxylic acids is 2. The third kappa shape index (κ3) is 3.31. The number of hydrogen-bond donors (Lipinski definition) is 3. The number of hydrogen-bond acceptors (Lipinski definition) is 4. The van der Waals surface area contributed by atoms with E-state index in [1.54, 1.807) is 0 Å². The first-order chi connectivity index (χ1) is 5.63. The highest BCUT2D eigenvalue weighted by atomic mass is 16.2. The van der Waals surface area contributed by atoms with Crippen molar-refractivity contribution in [1.82, 2.24) is 4.90 Å². The summed E-state index contributed by atoms with van der Waals surface area (Å²) in [7, 11) is 0. The van der Waals surface area contributed by atoms with Crippen LogP contribution in [-0.4, -0.2) is 42.9 Å². The molecule has 0 unspecified atom stereocenters. The first-order valence-corrected chi connectivity index (χ1v) is 3.62. The molecule has 0 saturated carbocycles. The fourth-order valence-electron chi connectivity index (χ4n) is 0.782. The molecule has 0 aromatic carbocycles. The van der Waals surface area contributed by atoms with E-state index in [-0.39, 0.29) is 0 Å². The Morgan fingerprint density at radius 3 is 1.75 bits per heavy atom. The Kier molecular flexibility index (Phi) is 4.98. The van der Waals surface area contributed by atoms with Crippen molar-refractivity contribution in [2.75, 3.05) is 26.2 Å². The molecule has 0 atom stereocenters. The Morgan fingerprint density at radius 1 is 1.08 bits per heavy atom. The smallest absolute Gasteiger partial charge is 0.311 e. The molecule has 0 radical (unpaired) electrons. The van der Waals surface area contributed by atoms with Crippen LogP contribution in [0.2, 0.25) is 0 Å². The SMILES string of the molecule is NCCN(CCN)C(=O)C(N)=O. The van der Waals surface area contributed by atoms with Gasteiger partial charge in [0.2, 0.25) is 0 Å². The minimum atomic E-state index is -0.975. The molecule has 70 valence electrons. The second kappa shape index (κ2) is 5.50. The molecular weight excluding hydrogens is 160 g/mol. The molecule has 0 saturated heterocycles. The lowest BCUT2D eigenvalue weighted by molar-refractivity contribution is -0.144. The number of carbonyl (C=O) groups is 2. The Bertz CT molecular complexity index is 165. The van der Waals surface area contributed by atoms with Crippen molar-refractivity contribution >= 4 is 11.8 Å². The van der Waals surface area contributed by atoms with Gasteiger partial charge in [0.05, 0.1) is 0 Å². The Hall–Kier alpha value is -1.14. The second-order valence-electron chi connectivity index (χ2n) is 2.23. The molecule has 0 fully saturated rings. The molecule has 6 heteroatoms. The number of nitrogens with two attached hydrogens (primary N) is 3. The third-order valence-electron chi connectivity index (χ3n) is 1.30. The largest absolute Gasteiger partial charge is 0.361 e. The molecule has 6 nitrogen and oxygen atoms in total. The maximum Gasteiger partial charge on any atom is 0.311 e. The van der Waals surface area contributed by atoms with E-state index in [2.05, 4.69) is 0 Å². The van der Waals surface area contributed by atoms with Crippen molar-refractivity contribution in [1.29, 1.82) is 0 Å². The van der Waals surface area contributed by atoms with E-state index in [1.807, 2.05) is 0 Å². The zero-order valence-electron chi connectivity index (χ0n) is 6.82. The average Bonchev–Trinajstić information content (AvgIpc) is 2.03. The number of primary amides is 1. The van der Waals surface area contributed by atoms with E-state index in [0.717, 1.165) is 0 Å². The minimum absolute atomic E-state index is 0.291. The third-order valence-corrected chi connectivity index (χ3v) is 1.30. The van der Waals surface area contributed by atoms with Gasteiger partial charge in [0.15, 0.2) is 0 Å². The van der Waals surface area contributed by atoms with Gasteiger partial charge in [-0.05, 0) is 0 Å². The van der Waals surface area contributed by atoms with E-state index in [9.17, 15) is 9.59 Å². The first kappa shape index (κ1) is 10.9. The molecule has 0 bridgehead atoms. The second-order valence-corrected chi connectivity index (χ2v) is 2.23. The predicted molar refractivity (Wildman–Crippen MR) is 43.9 cm³/mol. The van der Waals surface area contributed by atoms with Gasteiger partial charge < -0.3 is 22.1 Å². The molecule has 12 heavy (non-hydrogen) atoms. The van der Waals surface area contributed by atoms with Crippen molar-refractivity contribution in [2.45, 2.75) is 0 Å². The first-order valence-electron chi connectivity index (χ1n) is 3.62. The van der Waals surface area contributed by atoms with Crippen LogP contribution in [0.4, 0.5) is 0 Å². The molecule has 0 aliphatic rings. The molecule has 0 rings (SSSR count). The molecule has 0 aromatic rings. The van der Waals surface area contributed by atoms with Crippen LogP contribution in [-0.2, 0) is 9.59 Å². The average molecular weight is 174 g/mol. The van der Waals surface area contributed by atoms with Crippen molar-refractivity contribution in [3.63, 3.8) is 0 Å². The van der Waals surface area contributed by atoms with Gasteiger partial charge in [0.1, 0.15) is 0 Å². The summed E-state index contributed by atoms with van der Waals surface area (Å²) in [6.45, 7) is 1.19. The lowest BCUT2D eigenvalue weighted by atomic mass is 10.4. The fraction of sp³-hybridized carbons (Fsp3) is 0.667. The van der Waals surface area contributed by atoms with Gasteiger partial charge in [0.25, 0.3) is 0 Å². The molecule has 0 aliphatic heterocycles. The topological polar surface area (TPSA) is 115 Å². The van der Waals surface area contributed by atoms with Crippen molar-refractivity contribution in [3.05, 3.63) is 0 Å². The predicted octanol–water partition coefficient (Wildman–Crippen LogP) is -2.78. The van der Waals surface area contributed by atoms with Crippen molar-refractivity contribution in [2.24, 2.45) is 17.2 Å². The van der Waals surface area contributed by atoms with Crippen molar-refractivity contribution in [3.8, 4) is 0 Å². The Morgan fingerprint density at radius 2 is 1.50 bits per heavy atom. The monoisotopic (exact) mass is 174 g/mol. The normalized spacial score (nSPS) is 9.50. The van der Waals surface area contributed by atoms with Crippen molar-refractivity contribution < 1.29 is 9.59 Å². The number of nitrogens with zero attached hydrogens (tertiary/aromatic N) is 1. The van der Waals surface area contributed by atoms with Crippen LogP contribution in [0.3, 0.4) is 0 Å². The van der Waals surface area contributed by atoms with Crippen LogP contribution in [0.5, 0.6) is 0 Å². The van der Waals surface area contributed by atoms with E-state index in [1.165, 1.54) is 4.90 Å². The highest BCUT2D eigenvalue weighted by Gasteiger charge is 2.16. The maximum absolute atomic E-state index is 11.0. The van der Waals surface area contributed by atoms with Gasteiger partial charge in [-0.15, -0.1) is 0 Å². The van der Waals surface area contributed by atoms with Crippen LogP contribution in [0, 0.1) is 0 Å². The lowest BCUT2D eigenvalue weighted by Crippen LogP contribution is -2.44. The highest BCUT2D eigenvalue weighted by Crippen LogP contribution is 1.86. The van der Waals surface area contributed by atoms with Crippen LogP contribution < -0.4 is 17.2 Å². The zero-order valence-corrected chi connectivity index (χ0v) is 6.82. The Balaban J connectivity index is 4.08. The summed E-state index contributed by atoms with van der Waals surface area (Å²) in [5, 5.41) is 0. The van der Waals surface area contributed by atoms with Crippen LogP contribution >= 0.6 is 0 Å². The van der Waals surface area contributed by atoms with Crippen LogP contribution in [0.25, 0.3) is 0 Å². The summed E-state index contributed by atoms with van der Waals surface area (Å²) in [5.41, 5.74) is 15.2. The summed E-state index contributed by atoms with van der Waals surface area (Å²) in [4.78, 5) is 22.6. The summed E-state index contributed by atoms with van der Waals surface area (Å²) >= 11 is 0. The highest BCUT2D eigenvalue weighted by molar-refractivity contribution is 6.34.